The minimum atomic E-state index is 0.663. The number of hydrogen-bond donors (Lipinski definition) is 1. The van der Waals surface area contributed by atoms with Crippen molar-refractivity contribution in [2.75, 3.05) is 12.5 Å². The molecule has 0 radical (unpaired) electrons. The zero-order valence-corrected chi connectivity index (χ0v) is 13.9. The molecule has 3 rings (SSSR count). The Hall–Kier alpha value is -2.37. The molecule has 0 spiro atoms. The molecule has 0 fully saturated rings. The number of nitrogens with one attached hydrogen (secondary N) is 1. The number of aromatic nitrogens is 1. The van der Waals surface area contributed by atoms with Crippen LogP contribution in [0.3, 0.4) is 0 Å². The van der Waals surface area contributed by atoms with E-state index in [0.29, 0.717) is 5.02 Å². The number of thiazole rings is 1. The van der Waals surface area contributed by atoms with E-state index in [4.69, 9.17) is 16.3 Å². The van der Waals surface area contributed by atoms with Crippen molar-refractivity contribution in [3.05, 3.63) is 64.5 Å². The Morgan fingerprint density at radius 2 is 1.96 bits per heavy atom. The predicted molar refractivity (Wildman–Crippen MR) is 96.8 cm³/mol. The van der Waals surface area contributed by atoms with Crippen molar-refractivity contribution >= 4 is 34.3 Å². The summed E-state index contributed by atoms with van der Waals surface area (Å²) >= 11 is 7.57. The summed E-state index contributed by atoms with van der Waals surface area (Å²) in [7, 11) is 1.65. The topological polar surface area (TPSA) is 46.5 Å². The molecule has 3 aromatic rings. The zero-order valence-electron chi connectivity index (χ0n) is 12.4. The summed E-state index contributed by atoms with van der Waals surface area (Å²) in [5.41, 5.74) is 5.71. The molecule has 2 aromatic carbocycles. The number of halogens is 1. The molecule has 0 atom stereocenters. The van der Waals surface area contributed by atoms with Gasteiger partial charge in [0.25, 0.3) is 0 Å². The first-order valence-electron chi connectivity index (χ1n) is 6.90. The monoisotopic (exact) mass is 343 g/mol. The molecule has 0 aliphatic heterocycles. The molecular weight excluding hydrogens is 330 g/mol. The van der Waals surface area contributed by atoms with Gasteiger partial charge in [0.15, 0.2) is 0 Å². The molecule has 0 unspecified atom stereocenters. The molecule has 1 N–H and O–H groups in total. The standard InChI is InChI=1S/C17H14ClN3OS/c1-22-14-8-6-12(7-9-14)16-11-23-17(20-16)21-19-10-13-4-2-3-5-15(13)18/h2-11H,1H3,(H,20,21)/b19-10-. The van der Waals surface area contributed by atoms with Gasteiger partial charge >= 0.3 is 0 Å². The van der Waals surface area contributed by atoms with Gasteiger partial charge in [-0.3, -0.25) is 5.43 Å². The number of hydrogen-bond acceptors (Lipinski definition) is 5. The summed E-state index contributed by atoms with van der Waals surface area (Å²) in [5, 5.41) is 7.54. The molecule has 0 bridgehead atoms. The van der Waals surface area contributed by atoms with Crippen molar-refractivity contribution in [1.29, 1.82) is 0 Å². The molecule has 6 heteroatoms. The number of ether oxygens (including phenoxy) is 1. The highest BCUT2D eigenvalue weighted by Gasteiger charge is 2.04. The quantitative estimate of drug-likeness (QED) is 0.528. The van der Waals surface area contributed by atoms with Gasteiger partial charge in [-0.1, -0.05) is 29.8 Å². The van der Waals surface area contributed by atoms with Crippen LogP contribution in [0.25, 0.3) is 11.3 Å². The molecule has 1 aromatic heterocycles. The number of anilines is 1. The van der Waals surface area contributed by atoms with E-state index in [1.165, 1.54) is 11.3 Å². The number of hydrazone groups is 1. The van der Waals surface area contributed by atoms with E-state index in [0.717, 1.165) is 27.7 Å². The Labute approximate surface area is 143 Å². The van der Waals surface area contributed by atoms with Gasteiger partial charge < -0.3 is 4.74 Å². The lowest BCUT2D eigenvalue weighted by molar-refractivity contribution is 0.415. The number of rotatable bonds is 5. The van der Waals surface area contributed by atoms with Crippen LogP contribution in [-0.2, 0) is 0 Å². The number of methoxy groups -OCH3 is 1. The fourth-order valence-electron chi connectivity index (χ4n) is 1.96. The lowest BCUT2D eigenvalue weighted by atomic mass is 10.2. The van der Waals surface area contributed by atoms with Crippen LogP contribution in [0.15, 0.2) is 59.0 Å². The van der Waals surface area contributed by atoms with Crippen molar-refractivity contribution < 1.29 is 4.74 Å². The molecule has 0 saturated carbocycles. The van der Waals surface area contributed by atoms with Gasteiger partial charge in [-0.05, 0) is 30.3 Å². The van der Waals surface area contributed by atoms with E-state index in [9.17, 15) is 0 Å². The lowest BCUT2D eigenvalue weighted by Gasteiger charge is -2.00. The molecule has 0 aliphatic rings. The van der Waals surface area contributed by atoms with Gasteiger partial charge in [0.1, 0.15) is 5.75 Å². The summed E-state index contributed by atoms with van der Waals surface area (Å²) in [4.78, 5) is 4.51. The average Bonchev–Trinajstić information content (AvgIpc) is 3.06. The van der Waals surface area contributed by atoms with Gasteiger partial charge in [-0.2, -0.15) is 5.10 Å². The molecule has 116 valence electrons. The van der Waals surface area contributed by atoms with E-state index in [1.54, 1.807) is 13.3 Å². The summed E-state index contributed by atoms with van der Waals surface area (Å²) in [6.45, 7) is 0. The fourth-order valence-corrected chi connectivity index (χ4v) is 2.81. The van der Waals surface area contributed by atoms with Crippen molar-refractivity contribution in [3.63, 3.8) is 0 Å². The lowest BCUT2D eigenvalue weighted by Crippen LogP contribution is -1.90. The van der Waals surface area contributed by atoms with Crippen LogP contribution in [0.2, 0.25) is 5.02 Å². The van der Waals surface area contributed by atoms with Crippen molar-refractivity contribution in [3.8, 4) is 17.0 Å². The maximum atomic E-state index is 6.07. The Kier molecular flexibility index (Phi) is 4.90. The summed E-state index contributed by atoms with van der Waals surface area (Å²) in [5.74, 6) is 0.826. The smallest absolute Gasteiger partial charge is 0.203 e. The van der Waals surface area contributed by atoms with Crippen molar-refractivity contribution in [2.24, 2.45) is 5.10 Å². The normalized spacial score (nSPS) is 10.9. The van der Waals surface area contributed by atoms with E-state index < -0.39 is 0 Å². The van der Waals surface area contributed by atoms with Crippen LogP contribution in [-0.4, -0.2) is 18.3 Å². The van der Waals surface area contributed by atoms with Crippen LogP contribution in [0, 0.1) is 0 Å². The largest absolute Gasteiger partial charge is 0.497 e. The Bertz CT molecular complexity index is 815. The van der Waals surface area contributed by atoms with Crippen LogP contribution < -0.4 is 10.2 Å². The van der Waals surface area contributed by atoms with Gasteiger partial charge in [0.2, 0.25) is 5.13 Å². The second-order valence-corrected chi connectivity index (χ2v) is 5.92. The minimum absolute atomic E-state index is 0.663. The third-order valence-electron chi connectivity index (χ3n) is 3.16. The zero-order chi connectivity index (χ0) is 16.1. The van der Waals surface area contributed by atoms with Gasteiger partial charge in [0, 0.05) is 21.5 Å². The Morgan fingerprint density at radius 3 is 2.70 bits per heavy atom. The molecule has 4 nitrogen and oxygen atoms in total. The molecule has 0 saturated heterocycles. The average molecular weight is 344 g/mol. The minimum Gasteiger partial charge on any atom is -0.497 e. The first-order valence-corrected chi connectivity index (χ1v) is 8.15. The van der Waals surface area contributed by atoms with E-state index in [1.807, 2.05) is 53.9 Å². The fraction of sp³-hybridized carbons (Fsp3) is 0.0588. The predicted octanol–water partition coefficient (Wildman–Crippen LogP) is 4.92. The molecule has 1 heterocycles. The van der Waals surface area contributed by atoms with Crippen molar-refractivity contribution in [1.82, 2.24) is 4.98 Å². The second kappa shape index (κ2) is 7.26. The first-order chi connectivity index (χ1) is 11.3. The van der Waals surface area contributed by atoms with E-state index in [-0.39, 0.29) is 0 Å². The summed E-state index contributed by atoms with van der Waals surface area (Å²) in [6, 6.07) is 15.3. The third kappa shape index (κ3) is 3.88. The maximum Gasteiger partial charge on any atom is 0.203 e. The number of benzene rings is 2. The highest BCUT2D eigenvalue weighted by atomic mass is 35.5. The molecule has 0 aliphatic carbocycles. The van der Waals surface area contributed by atoms with E-state index in [2.05, 4.69) is 15.5 Å². The summed E-state index contributed by atoms with van der Waals surface area (Å²) < 4.78 is 5.15. The number of nitrogens with zero attached hydrogens (tertiary/aromatic N) is 2. The van der Waals surface area contributed by atoms with Gasteiger partial charge in [-0.15, -0.1) is 11.3 Å². The van der Waals surface area contributed by atoms with E-state index >= 15 is 0 Å². The van der Waals surface area contributed by atoms with Crippen LogP contribution in [0.1, 0.15) is 5.56 Å². The van der Waals surface area contributed by atoms with Crippen LogP contribution >= 0.6 is 22.9 Å². The van der Waals surface area contributed by atoms with Crippen molar-refractivity contribution in [2.45, 2.75) is 0 Å². The molecular formula is C17H14ClN3OS. The third-order valence-corrected chi connectivity index (χ3v) is 4.25. The molecule has 0 amide bonds. The van der Waals surface area contributed by atoms with Gasteiger partial charge in [-0.25, -0.2) is 4.98 Å². The highest BCUT2D eigenvalue weighted by Crippen LogP contribution is 2.26. The Balaban J connectivity index is 1.68. The Morgan fingerprint density at radius 1 is 1.17 bits per heavy atom. The van der Waals surface area contributed by atoms with Crippen LogP contribution in [0.5, 0.6) is 5.75 Å². The van der Waals surface area contributed by atoms with Crippen LogP contribution in [0.4, 0.5) is 5.13 Å². The maximum absolute atomic E-state index is 6.07. The summed E-state index contributed by atoms with van der Waals surface area (Å²) in [6.07, 6.45) is 1.68. The first kappa shape index (κ1) is 15.5. The SMILES string of the molecule is COc1ccc(-c2csc(N/N=C\c3ccccc3Cl)n2)cc1. The molecule has 23 heavy (non-hydrogen) atoms. The highest BCUT2D eigenvalue weighted by molar-refractivity contribution is 7.14. The van der Waals surface area contributed by atoms with Gasteiger partial charge in [0.05, 0.1) is 19.0 Å². The second-order valence-electron chi connectivity index (χ2n) is 4.66.